The minimum atomic E-state index is 0. The number of guanidine groups is 1. The van der Waals surface area contributed by atoms with Crippen molar-refractivity contribution in [2.75, 3.05) is 44.7 Å². The van der Waals surface area contributed by atoms with Crippen LogP contribution in [0.15, 0.2) is 27.9 Å². The molecule has 0 atom stereocenters. The zero-order chi connectivity index (χ0) is 18.2. The lowest BCUT2D eigenvalue weighted by Gasteiger charge is -2.21. The minimum Gasteiger partial charge on any atom is -0.357 e. The molecule has 2 aromatic heterocycles. The van der Waals surface area contributed by atoms with E-state index in [0.29, 0.717) is 0 Å². The van der Waals surface area contributed by atoms with Gasteiger partial charge in [-0.15, -0.1) is 46.7 Å². The van der Waals surface area contributed by atoms with Crippen molar-refractivity contribution in [2.45, 2.75) is 32.6 Å². The van der Waals surface area contributed by atoms with Gasteiger partial charge in [0.05, 0.1) is 5.69 Å². The average Bonchev–Trinajstić information content (AvgIpc) is 3.41. The first-order chi connectivity index (χ1) is 12.8. The molecular weight excluding hydrogens is 489 g/mol. The third kappa shape index (κ3) is 6.90. The van der Waals surface area contributed by atoms with Crippen LogP contribution in [-0.4, -0.2) is 55.6 Å². The Labute approximate surface area is 187 Å². The number of rotatable bonds is 8. The lowest BCUT2D eigenvalue weighted by molar-refractivity contribution is 0.487. The summed E-state index contributed by atoms with van der Waals surface area (Å²) in [5.41, 5.74) is 1.16. The second-order valence-corrected chi connectivity index (χ2v) is 8.42. The van der Waals surface area contributed by atoms with Gasteiger partial charge in [0.2, 0.25) is 0 Å². The standard InChI is InChI=1S/C19H29N5S2.HI/c1-3-20-18(23(2)13-9-17-7-6-14-25-17)21-10-8-16-15-26-19(22-16)24-11-4-5-12-24;/h6-7,14-15H,3-5,8-13H2,1-2H3,(H,20,21);1H. The Bertz CT molecular complexity index is 680. The Balaban J connectivity index is 0.00000261. The molecule has 1 saturated heterocycles. The van der Waals surface area contributed by atoms with Crippen LogP contribution in [-0.2, 0) is 12.8 Å². The van der Waals surface area contributed by atoms with Crippen molar-refractivity contribution in [3.63, 3.8) is 0 Å². The highest BCUT2D eigenvalue weighted by Crippen LogP contribution is 2.24. The molecule has 0 spiro atoms. The summed E-state index contributed by atoms with van der Waals surface area (Å²) in [6.07, 6.45) is 4.55. The van der Waals surface area contributed by atoms with Crippen molar-refractivity contribution in [1.29, 1.82) is 0 Å². The van der Waals surface area contributed by atoms with Crippen LogP contribution in [0.2, 0.25) is 0 Å². The molecule has 1 N–H and O–H groups in total. The number of anilines is 1. The molecular formula is C19H30IN5S2. The molecule has 8 heteroatoms. The van der Waals surface area contributed by atoms with Gasteiger partial charge >= 0.3 is 0 Å². The maximum Gasteiger partial charge on any atom is 0.193 e. The van der Waals surface area contributed by atoms with E-state index in [0.717, 1.165) is 57.2 Å². The van der Waals surface area contributed by atoms with Gasteiger partial charge in [-0.2, -0.15) is 0 Å². The molecule has 0 aliphatic carbocycles. The maximum atomic E-state index is 4.80. The summed E-state index contributed by atoms with van der Waals surface area (Å²) < 4.78 is 0. The third-order valence-electron chi connectivity index (χ3n) is 4.52. The average molecular weight is 520 g/mol. The highest BCUT2D eigenvalue weighted by atomic mass is 127. The summed E-state index contributed by atoms with van der Waals surface area (Å²) in [6, 6.07) is 4.31. The molecule has 150 valence electrons. The monoisotopic (exact) mass is 519 g/mol. The number of nitrogens with one attached hydrogen (secondary N) is 1. The largest absolute Gasteiger partial charge is 0.357 e. The quantitative estimate of drug-likeness (QED) is 0.324. The predicted octanol–water partition coefficient (Wildman–Crippen LogP) is 4.11. The van der Waals surface area contributed by atoms with E-state index in [1.807, 2.05) is 11.3 Å². The van der Waals surface area contributed by atoms with E-state index in [1.54, 1.807) is 11.3 Å². The van der Waals surface area contributed by atoms with E-state index < -0.39 is 0 Å². The molecule has 1 aliphatic heterocycles. The molecule has 27 heavy (non-hydrogen) atoms. The Morgan fingerprint density at radius 3 is 2.81 bits per heavy atom. The molecule has 3 rings (SSSR count). The van der Waals surface area contributed by atoms with Crippen LogP contribution < -0.4 is 10.2 Å². The summed E-state index contributed by atoms with van der Waals surface area (Å²) in [7, 11) is 2.11. The van der Waals surface area contributed by atoms with Gasteiger partial charge in [0.1, 0.15) is 0 Å². The Kier molecular flexibility index (Phi) is 9.84. The number of nitrogens with zero attached hydrogens (tertiary/aromatic N) is 4. The number of thiazole rings is 1. The topological polar surface area (TPSA) is 43.8 Å². The van der Waals surface area contributed by atoms with Crippen molar-refractivity contribution < 1.29 is 0 Å². The second kappa shape index (κ2) is 11.9. The molecule has 0 unspecified atom stereocenters. The van der Waals surface area contributed by atoms with Crippen molar-refractivity contribution in [2.24, 2.45) is 4.99 Å². The smallest absolute Gasteiger partial charge is 0.193 e. The molecule has 0 bridgehead atoms. The van der Waals surface area contributed by atoms with E-state index in [2.05, 4.69) is 52.0 Å². The fourth-order valence-electron chi connectivity index (χ4n) is 3.05. The fraction of sp³-hybridized carbons (Fsp3) is 0.579. The first kappa shape index (κ1) is 22.4. The van der Waals surface area contributed by atoms with Crippen molar-refractivity contribution in [3.8, 4) is 0 Å². The molecule has 3 heterocycles. The van der Waals surface area contributed by atoms with E-state index in [-0.39, 0.29) is 24.0 Å². The predicted molar refractivity (Wildman–Crippen MR) is 129 cm³/mol. The van der Waals surface area contributed by atoms with Gasteiger partial charge in [-0.1, -0.05) is 6.07 Å². The molecule has 0 radical (unpaired) electrons. The summed E-state index contributed by atoms with van der Waals surface area (Å²) in [5, 5.41) is 8.91. The normalized spacial score (nSPS) is 14.3. The highest BCUT2D eigenvalue weighted by Gasteiger charge is 2.15. The molecule has 1 aliphatic rings. The lowest BCUT2D eigenvalue weighted by Crippen LogP contribution is -2.40. The zero-order valence-corrected chi connectivity index (χ0v) is 20.2. The highest BCUT2D eigenvalue weighted by molar-refractivity contribution is 14.0. The summed E-state index contributed by atoms with van der Waals surface area (Å²) in [4.78, 5) is 15.6. The van der Waals surface area contributed by atoms with Crippen LogP contribution >= 0.6 is 46.7 Å². The zero-order valence-electron chi connectivity index (χ0n) is 16.2. The Hall–Kier alpha value is -0.870. The second-order valence-electron chi connectivity index (χ2n) is 6.55. The van der Waals surface area contributed by atoms with E-state index in [4.69, 9.17) is 9.98 Å². The minimum absolute atomic E-state index is 0. The van der Waals surface area contributed by atoms with Crippen molar-refractivity contribution >= 4 is 57.7 Å². The number of aliphatic imine (C=N–C) groups is 1. The fourth-order valence-corrected chi connectivity index (χ4v) is 4.66. The third-order valence-corrected chi connectivity index (χ3v) is 6.40. The Morgan fingerprint density at radius 1 is 1.30 bits per heavy atom. The molecule has 5 nitrogen and oxygen atoms in total. The number of aromatic nitrogens is 1. The molecule has 2 aromatic rings. The number of halogens is 1. The van der Waals surface area contributed by atoms with Crippen molar-refractivity contribution in [3.05, 3.63) is 33.5 Å². The van der Waals surface area contributed by atoms with Gasteiger partial charge in [-0.05, 0) is 37.6 Å². The number of hydrogen-bond acceptors (Lipinski definition) is 5. The van der Waals surface area contributed by atoms with Crippen LogP contribution in [0.3, 0.4) is 0 Å². The van der Waals surface area contributed by atoms with E-state index >= 15 is 0 Å². The van der Waals surface area contributed by atoms with Gasteiger partial charge in [0.15, 0.2) is 11.1 Å². The Morgan fingerprint density at radius 2 is 2.11 bits per heavy atom. The molecule has 0 aromatic carbocycles. The summed E-state index contributed by atoms with van der Waals surface area (Å²) >= 11 is 3.59. The van der Waals surface area contributed by atoms with Gasteiger partial charge in [-0.3, -0.25) is 4.99 Å². The summed E-state index contributed by atoms with van der Waals surface area (Å²) in [5.74, 6) is 0.985. The number of likely N-dealkylation sites (N-methyl/N-ethyl adjacent to an activating group) is 1. The first-order valence-electron chi connectivity index (χ1n) is 9.47. The summed E-state index contributed by atoms with van der Waals surface area (Å²) in [6.45, 7) is 7.07. The van der Waals surface area contributed by atoms with E-state index in [9.17, 15) is 0 Å². The van der Waals surface area contributed by atoms with Gasteiger partial charge in [-0.25, -0.2) is 4.98 Å². The first-order valence-corrected chi connectivity index (χ1v) is 11.2. The van der Waals surface area contributed by atoms with Gasteiger partial charge in [0.25, 0.3) is 0 Å². The molecule has 1 fully saturated rings. The van der Waals surface area contributed by atoms with Crippen LogP contribution in [0.1, 0.15) is 30.3 Å². The number of hydrogen-bond donors (Lipinski definition) is 1. The number of thiophene rings is 1. The maximum absolute atomic E-state index is 4.80. The van der Waals surface area contributed by atoms with Gasteiger partial charge < -0.3 is 15.1 Å². The van der Waals surface area contributed by atoms with Crippen LogP contribution in [0.25, 0.3) is 0 Å². The van der Waals surface area contributed by atoms with Crippen LogP contribution in [0.5, 0.6) is 0 Å². The SMILES string of the molecule is CCNC(=NCCc1csc(N2CCCC2)n1)N(C)CCc1cccs1.I. The van der Waals surface area contributed by atoms with Crippen LogP contribution in [0.4, 0.5) is 5.13 Å². The van der Waals surface area contributed by atoms with Gasteiger partial charge in [0, 0.05) is 56.4 Å². The molecule has 0 saturated carbocycles. The van der Waals surface area contributed by atoms with E-state index in [1.165, 1.54) is 22.9 Å². The van der Waals surface area contributed by atoms with Crippen LogP contribution in [0, 0.1) is 0 Å². The molecule has 0 amide bonds. The van der Waals surface area contributed by atoms with Crippen molar-refractivity contribution in [1.82, 2.24) is 15.2 Å². The lowest BCUT2D eigenvalue weighted by atomic mass is 10.3.